The zero-order valence-electron chi connectivity index (χ0n) is 22.3. The lowest BCUT2D eigenvalue weighted by Gasteiger charge is -2.15. The standard InChI is InChI=1S/C32H30BrN3O4/c1-3-39-29-18-25(17-28(33)31(29)40-21-24-11-7-8-22(2)16-24)20-34-36-32(38)26-12-14-27(15-13-26)35-30(37)19-23-9-5-4-6-10-23/h4-18,20H,3,19,21H2,1-2H3,(H,35,37)(H,36,38)/b34-20+. The number of carbonyl (C=O) groups is 2. The minimum absolute atomic E-state index is 0.128. The first-order chi connectivity index (χ1) is 19.4. The minimum atomic E-state index is -0.374. The second-order valence-electron chi connectivity index (χ2n) is 9.03. The van der Waals surface area contributed by atoms with Gasteiger partial charge in [0, 0.05) is 11.3 Å². The highest BCUT2D eigenvalue weighted by atomic mass is 79.9. The summed E-state index contributed by atoms with van der Waals surface area (Å²) in [5.41, 5.74) is 7.43. The number of hydrogen-bond acceptors (Lipinski definition) is 5. The first-order valence-electron chi connectivity index (χ1n) is 12.8. The van der Waals surface area contributed by atoms with Crippen LogP contribution in [0.3, 0.4) is 0 Å². The molecule has 0 aromatic heterocycles. The number of hydrazone groups is 1. The Labute approximate surface area is 242 Å². The number of rotatable bonds is 11. The van der Waals surface area contributed by atoms with Crippen LogP contribution in [0.2, 0.25) is 0 Å². The van der Waals surface area contributed by atoms with Crippen molar-refractivity contribution >= 4 is 39.6 Å². The molecule has 4 aromatic carbocycles. The molecule has 0 saturated carbocycles. The van der Waals surface area contributed by atoms with Crippen LogP contribution in [0, 0.1) is 6.92 Å². The maximum absolute atomic E-state index is 12.6. The van der Waals surface area contributed by atoms with Crippen LogP contribution in [0.4, 0.5) is 5.69 Å². The van der Waals surface area contributed by atoms with E-state index in [4.69, 9.17) is 9.47 Å². The Morgan fingerprint density at radius 3 is 2.38 bits per heavy atom. The second-order valence-corrected chi connectivity index (χ2v) is 9.88. The van der Waals surface area contributed by atoms with Gasteiger partial charge in [0.2, 0.25) is 5.91 Å². The number of ether oxygens (including phenoxy) is 2. The van der Waals surface area contributed by atoms with E-state index in [1.54, 1.807) is 24.3 Å². The van der Waals surface area contributed by atoms with Crippen LogP contribution in [0.15, 0.2) is 101 Å². The van der Waals surface area contributed by atoms with Crippen molar-refractivity contribution in [2.75, 3.05) is 11.9 Å². The molecule has 7 nitrogen and oxygen atoms in total. The summed E-state index contributed by atoms with van der Waals surface area (Å²) in [5.74, 6) is 0.667. The largest absolute Gasteiger partial charge is 0.490 e. The van der Waals surface area contributed by atoms with Gasteiger partial charge in [-0.2, -0.15) is 5.10 Å². The van der Waals surface area contributed by atoms with Gasteiger partial charge < -0.3 is 14.8 Å². The van der Waals surface area contributed by atoms with Crippen LogP contribution >= 0.6 is 15.9 Å². The van der Waals surface area contributed by atoms with E-state index in [0.29, 0.717) is 40.4 Å². The number of carbonyl (C=O) groups excluding carboxylic acids is 2. The molecule has 0 aliphatic carbocycles. The molecule has 4 rings (SSSR count). The highest BCUT2D eigenvalue weighted by molar-refractivity contribution is 9.10. The Balaban J connectivity index is 1.34. The third-order valence-corrected chi connectivity index (χ3v) is 6.40. The summed E-state index contributed by atoms with van der Waals surface area (Å²) in [6.07, 6.45) is 1.81. The highest BCUT2D eigenvalue weighted by Crippen LogP contribution is 2.37. The second kappa shape index (κ2) is 14.1. The molecule has 8 heteroatoms. The third kappa shape index (κ3) is 8.28. The number of anilines is 1. The lowest BCUT2D eigenvalue weighted by Crippen LogP contribution is -2.18. The van der Waals surface area contributed by atoms with Crippen molar-refractivity contribution < 1.29 is 19.1 Å². The number of hydrogen-bond donors (Lipinski definition) is 2. The van der Waals surface area contributed by atoms with Gasteiger partial charge in [-0.3, -0.25) is 9.59 Å². The van der Waals surface area contributed by atoms with Crippen LogP contribution < -0.4 is 20.2 Å². The normalized spacial score (nSPS) is 10.8. The zero-order valence-corrected chi connectivity index (χ0v) is 23.9. The van der Waals surface area contributed by atoms with Crippen LogP contribution in [0.1, 0.15) is 39.5 Å². The molecule has 40 heavy (non-hydrogen) atoms. The van der Waals surface area contributed by atoms with E-state index in [2.05, 4.69) is 37.8 Å². The molecule has 0 fully saturated rings. The third-order valence-electron chi connectivity index (χ3n) is 5.82. The molecule has 0 aliphatic rings. The first kappa shape index (κ1) is 28.6. The zero-order chi connectivity index (χ0) is 28.3. The topological polar surface area (TPSA) is 89.0 Å². The average molecular weight is 601 g/mol. The van der Waals surface area contributed by atoms with Gasteiger partial charge in [-0.1, -0.05) is 60.2 Å². The fraction of sp³-hybridized carbons (Fsp3) is 0.156. The predicted octanol–water partition coefficient (Wildman–Crippen LogP) is 6.68. The minimum Gasteiger partial charge on any atom is -0.490 e. The van der Waals surface area contributed by atoms with E-state index >= 15 is 0 Å². The van der Waals surface area contributed by atoms with Gasteiger partial charge >= 0.3 is 0 Å². The Hall–Kier alpha value is -4.43. The molecule has 0 atom stereocenters. The van der Waals surface area contributed by atoms with Gasteiger partial charge in [-0.05, 0) is 82.9 Å². The summed E-state index contributed by atoms with van der Waals surface area (Å²) in [4.78, 5) is 24.8. The highest BCUT2D eigenvalue weighted by Gasteiger charge is 2.13. The number of halogens is 1. The van der Waals surface area contributed by atoms with Crippen molar-refractivity contribution in [3.8, 4) is 11.5 Å². The van der Waals surface area contributed by atoms with E-state index in [-0.39, 0.29) is 18.2 Å². The molecular formula is C32H30BrN3O4. The van der Waals surface area contributed by atoms with Crippen molar-refractivity contribution in [2.24, 2.45) is 5.10 Å². The molecule has 2 amide bonds. The first-order valence-corrected chi connectivity index (χ1v) is 13.6. The lowest BCUT2D eigenvalue weighted by molar-refractivity contribution is -0.115. The molecule has 204 valence electrons. The summed E-state index contributed by atoms with van der Waals surface area (Å²) in [6.45, 7) is 4.81. The number of amides is 2. The van der Waals surface area contributed by atoms with Crippen LogP contribution in [-0.4, -0.2) is 24.6 Å². The Morgan fingerprint density at radius 1 is 0.900 bits per heavy atom. The van der Waals surface area contributed by atoms with Crippen LogP contribution in [-0.2, 0) is 17.8 Å². The van der Waals surface area contributed by atoms with E-state index in [0.717, 1.165) is 16.7 Å². The molecule has 0 spiro atoms. The van der Waals surface area contributed by atoms with Crippen LogP contribution in [0.25, 0.3) is 0 Å². The summed E-state index contributed by atoms with van der Waals surface area (Å²) >= 11 is 3.57. The molecule has 4 aromatic rings. The number of nitrogens with one attached hydrogen (secondary N) is 2. The van der Waals surface area contributed by atoms with Gasteiger partial charge in [0.15, 0.2) is 11.5 Å². The average Bonchev–Trinajstić information content (AvgIpc) is 2.93. The smallest absolute Gasteiger partial charge is 0.271 e. The fourth-order valence-corrected chi connectivity index (χ4v) is 4.52. The van der Waals surface area contributed by atoms with E-state index in [1.807, 2.05) is 74.5 Å². The Morgan fingerprint density at radius 2 is 1.65 bits per heavy atom. The van der Waals surface area contributed by atoms with Gasteiger partial charge in [0.1, 0.15) is 6.61 Å². The predicted molar refractivity (Wildman–Crippen MR) is 161 cm³/mol. The van der Waals surface area contributed by atoms with Crippen LogP contribution in [0.5, 0.6) is 11.5 Å². The molecule has 0 bridgehead atoms. The van der Waals surface area contributed by atoms with E-state index < -0.39 is 0 Å². The monoisotopic (exact) mass is 599 g/mol. The fourth-order valence-electron chi connectivity index (χ4n) is 3.94. The van der Waals surface area contributed by atoms with Gasteiger partial charge in [-0.25, -0.2) is 5.43 Å². The molecular weight excluding hydrogens is 570 g/mol. The van der Waals surface area contributed by atoms with Gasteiger partial charge in [-0.15, -0.1) is 0 Å². The molecule has 0 radical (unpaired) electrons. The molecule has 0 heterocycles. The summed E-state index contributed by atoms with van der Waals surface area (Å²) < 4.78 is 12.6. The molecule has 2 N–H and O–H groups in total. The van der Waals surface area contributed by atoms with Crippen molar-refractivity contribution in [3.63, 3.8) is 0 Å². The summed E-state index contributed by atoms with van der Waals surface area (Å²) in [5, 5.41) is 6.94. The molecule has 0 saturated heterocycles. The number of benzene rings is 4. The van der Waals surface area contributed by atoms with E-state index in [9.17, 15) is 9.59 Å². The number of aryl methyl sites for hydroxylation is 1. The van der Waals surface area contributed by atoms with Gasteiger partial charge in [0.05, 0.1) is 23.7 Å². The van der Waals surface area contributed by atoms with E-state index in [1.165, 1.54) is 11.8 Å². The Kier molecular flexibility index (Phi) is 10.1. The maximum atomic E-state index is 12.6. The maximum Gasteiger partial charge on any atom is 0.271 e. The van der Waals surface area contributed by atoms with Crippen molar-refractivity contribution in [3.05, 3.63) is 123 Å². The molecule has 0 aliphatic heterocycles. The molecule has 0 unspecified atom stereocenters. The van der Waals surface area contributed by atoms with Crippen molar-refractivity contribution in [2.45, 2.75) is 26.9 Å². The summed E-state index contributed by atoms with van der Waals surface area (Å²) in [7, 11) is 0. The summed E-state index contributed by atoms with van der Waals surface area (Å²) in [6, 6.07) is 27.9. The quantitative estimate of drug-likeness (QED) is 0.149. The SMILES string of the molecule is CCOc1cc(/C=N/NC(=O)c2ccc(NC(=O)Cc3ccccc3)cc2)cc(Br)c1OCc1cccc(C)c1. The van der Waals surface area contributed by atoms with Gasteiger partial charge in [0.25, 0.3) is 5.91 Å². The number of nitrogens with zero attached hydrogens (tertiary/aromatic N) is 1. The van der Waals surface area contributed by atoms with Crippen molar-refractivity contribution in [1.29, 1.82) is 0 Å². The van der Waals surface area contributed by atoms with Crippen molar-refractivity contribution in [1.82, 2.24) is 5.43 Å². The lowest BCUT2D eigenvalue weighted by atomic mass is 10.1. The Bertz CT molecular complexity index is 1490.